The third kappa shape index (κ3) is 4.36. The molecule has 0 atom stereocenters. The molecule has 5 nitrogen and oxygen atoms in total. The second-order valence-corrected chi connectivity index (χ2v) is 8.08. The fourth-order valence-corrected chi connectivity index (χ4v) is 3.21. The number of nitrogens with zero attached hydrogens (tertiary/aromatic N) is 1. The largest absolute Gasteiger partial charge is 0.370 e. The van der Waals surface area contributed by atoms with Gasteiger partial charge < -0.3 is 10.2 Å². The lowest BCUT2D eigenvalue weighted by molar-refractivity contribution is 0.102. The normalized spacial score (nSPS) is 11.4. The fraction of sp³-hybridized carbons (Fsp3) is 0.278. The lowest BCUT2D eigenvalue weighted by Crippen LogP contribution is -2.26. The van der Waals surface area contributed by atoms with Crippen LogP contribution >= 0.6 is 0 Å². The second kappa shape index (κ2) is 7.23. The van der Waals surface area contributed by atoms with Gasteiger partial charge in [0.05, 0.1) is 16.1 Å². The first kappa shape index (κ1) is 18.9. The Kier molecular flexibility index (Phi) is 5.47. The Morgan fingerprint density at radius 2 is 1.80 bits per heavy atom. The van der Waals surface area contributed by atoms with Crippen molar-refractivity contribution in [1.29, 1.82) is 0 Å². The van der Waals surface area contributed by atoms with Crippen LogP contribution in [0.5, 0.6) is 0 Å². The van der Waals surface area contributed by atoms with Crippen molar-refractivity contribution in [2.75, 3.05) is 23.5 Å². The number of carbonyl (C=O) groups is 1. The van der Waals surface area contributed by atoms with Crippen LogP contribution in [0.25, 0.3) is 0 Å². The van der Waals surface area contributed by atoms with Gasteiger partial charge in [-0.2, -0.15) is 0 Å². The molecule has 134 valence electrons. The van der Waals surface area contributed by atoms with Crippen molar-refractivity contribution in [3.63, 3.8) is 0 Å². The molecule has 0 aliphatic heterocycles. The highest BCUT2D eigenvalue weighted by atomic mass is 32.2. The van der Waals surface area contributed by atoms with Gasteiger partial charge in [-0.3, -0.25) is 4.79 Å². The lowest BCUT2D eigenvalue weighted by atomic mass is 10.2. The average molecular weight is 364 g/mol. The molecular weight excluding hydrogens is 343 g/mol. The van der Waals surface area contributed by atoms with Gasteiger partial charge in [-0.05, 0) is 44.2 Å². The Hall–Kier alpha value is -2.41. The predicted molar refractivity (Wildman–Crippen MR) is 97.4 cm³/mol. The van der Waals surface area contributed by atoms with E-state index in [4.69, 9.17) is 0 Å². The summed E-state index contributed by atoms with van der Waals surface area (Å²) in [6.45, 7) is 3.88. The van der Waals surface area contributed by atoms with Crippen molar-refractivity contribution >= 4 is 27.1 Å². The molecular formula is C18H21FN2O3S. The first-order chi connectivity index (χ1) is 11.6. The second-order valence-electron chi connectivity index (χ2n) is 6.09. The molecule has 2 rings (SSSR count). The molecule has 0 bridgehead atoms. The quantitative estimate of drug-likeness (QED) is 0.884. The summed E-state index contributed by atoms with van der Waals surface area (Å²) in [6.07, 6.45) is 1.04. The molecule has 0 fully saturated rings. The number of amides is 1. The van der Waals surface area contributed by atoms with Crippen LogP contribution in [0.2, 0.25) is 0 Å². The monoisotopic (exact) mass is 364 g/mol. The van der Waals surface area contributed by atoms with Crippen LogP contribution in [0.4, 0.5) is 15.8 Å². The first-order valence-corrected chi connectivity index (χ1v) is 9.63. The van der Waals surface area contributed by atoms with Crippen LogP contribution in [-0.4, -0.2) is 33.7 Å². The van der Waals surface area contributed by atoms with E-state index in [-0.39, 0.29) is 22.2 Å². The zero-order chi connectivity index (χ0) is 18.8. The predicted octanol–water partition coefficient (Wildman–Crippen LogP) is 3.33. The van der Waals surface area contributed by atoms with E-state index in [0.717, 1.165) is 6.26 Å². The SMILES string of the molecule is CC(C)N(C)c1ccc(NC(=O)c2ccccc2S(C)(=O)=O)cc1F. The molecule has 0 radical (unpaired) electrons. The molecule has 2 aromatic rings. The summed E-state index contributed by atoms with van der Waals surface area (Å²) >= 11 is 0. The average Bonchev–Trinajstić information content (AvgIpc) is 2.53. The van der Waals surface area contributed by atoms with Gasteiger partial charge in [0.1, 0.15) is 5.82 Å². The van der Waals surface area contributed by atoms with Gasteiger partial charge in [-0.25, -0.2) is 12.8 Å². The Balaban J connectivity index is 2.30. The van der Waals surface area contributed by atoms with Crippen LogP contribution in [-0.2, 0) is 9.84 Å². The number of benzene rings is 2. The molecule has 0 saturated carbocycles. The van der Waals surface area contributed by atoms with Gasteiger partial charge >= 0.3 is 0 Å². The van der Waals surface area contributed by atoms with Gasteiger partial charge in [-0.15, -0.1) is 0 Å². The Morgan fingerprint density at radius 1 is 1.16 bits per heavy atom. The first-order valence-electron chi connectivity index (χ1n) is 7.74. The van der Waals surface area contributed by atoms with Crippen LogP contribution in [0.3, 0.4) is 0 Å². The van der Waals surface area contributed by atoms with E-state index in [1.807, 2.05) is 13.8 Å². The van der Waals surface area contributed by atoms with E-state index < -0.39 is 21.6 Å². The number of nitrogens with one attached hydrogen (secondary N) is 1. The number of carbonyl (C=O) groups excluding carboxylic acids is 1. The van der Waals surface area contributed by atoms with Crippen molar-refractivity contribution in [2.45, 2.75) is 24.8 Å². The Labute approximate surface area is 147 Å². The fourth-order valence-electron chi connectivity index (χ4n) is 2.32. The summed E-state index contributed by atoms with van der Waals surface area (Å²) < 4.78 is 37.9. The Morgan fingerprint density at radius 3 is 2.36 bits per heavy atom. The van der Waals surface area contributed by atoms with Crippen molar-refractivity contribution in [3.8, 4) is 0 Å². The molecule has 0 saturated heterocycles. The third-order valence-corrected chi connectivity index (χ3v) is 5.05. The third-order valence-electron chi connectivity index (χ3n) is 3.89. The van der Waals surface area contributed by atoms with Crippen LogP contribution in [0.1, 0.15) is 24.2 Å². The minimum atomic E-state index is -3.55. The summed E-state index contributed by atoms with van der Waals surface area (Å²) in [6, 6.07) is 10.4. The van der Waals surface area contributed by atoms with Gasteiger partial charge in [0.15, 0.2) is 9.84 Å². The van der Waals surface area contributed by atoms with Crippen molar-refractivity contribution in [2.24, 2.45) is 0 Å². The van der Waals surface area contributed by atoms with Crippen LogP contribution in [0, 0.1) is 5.82 Å². The minimum Gasteiger partial charge on any atom is -0.370 e. The molecule has 0 aliphatic rings. The number of halogens is 1. The lowest BCUT2D eigenvalue weighted by Gasteiger charge is -2.24. The zero-order valence-corrected chi connectivity index (χ0v) is 15.4. The summed E-state index contributed by atoms with van der Waals surface area (Å²) in [5.74, 6) is -1.07. The molecule has 0 aliphatic carbocycles. The molecule has 1 amide bonds. The molecule has 0 unspecified atom stereocenters. The molecule has 25 heavy (non-hydrogen) atoms. The van der Waals surface area contributed by atoms with Gasteiger partial charge in [0.2, 0.25) is 0 Å². The van der Waals surface area contributed by atoms with E-state index in [9.17, 15) is 17.6 Å². The maximum absolute atomic E-state index is 14.3. The smallest absolute Gasteiger partial charge is 0.256 e. The van der Waals surface area contributed by atoms with E-state index >= 15 is 0 Å². The Bertz CT molecular complexity index is 895. The zero-order valence-electron chi connectivity index (χ0n) is 14.6. The molecule has 2 aromatic carbocycles. The van der Waals surface area contributed by atoms with Gasteiger partial charge in [-0.1, -0.05) is 12.1 Å². The summed E-state index contributed by atoms with van der Waals surface area (Å²) in [7, 11) is -1.77. The highest BCUT2D eigenvalue weighted by Crippen LogP contribution is 2.24. The van der Waals surface area contributed by atoms with E-state index in [2.05, 4.69) is 5.32 Å². The maximum Gasteiger partial charge on any atom is 0.256 e. The minimum absolute atomic E-state index is 0.0220. The summed E-state index contributed by atoms with van der Waals surface area (Å²) in [5.41, 5.74) is 0.699. The number of anilines is 2. The van der Waals surface area contributed by atoms with Crippen molar-refractivity contribution < 1.29 is 17.6 Å². The summed E-state index contributed by atoms with van der Waals surface area (Å²) in [4.78, 5) is 14.1. The number of hydrogen-bond donors (Lipinski definition) is 1. The van der Waals surface area contributed by atoms with E-state index in [0.29, 0.717) is 5.69 Å². The topological polar surface area (TPSA) is 66.5 Å². The van der Waals surface area contributed by atoms with Gasteiger partial charge in [0.25, 0.3) is 5.91 Å². The highest BCUT2D eigenvalue weighted by molar-refractivity contribution is 7.90. The van der Waals surface area contributed by atoms with Crippen LogP contribution < -0.4 is 10.2 Å². The molecule has 1 N–H and O–H groups in total. The molecule has 0 heterocycles. The molecule has 0 spiro atoms. The van der Waals surface area contributed by atoms with E-state index in [1.165, 1.54) is 18.2 Å². The van der Waals surface area contributed by atoms with Crippen LogP contribution in [0.15, 0.2) is 47.4 Å². The van der Waals surface area contributed by atoms with Crippen molar-refractivity contribution in [1.82, 2.24) is 0 Å². The number of hydrogen-bond acceptors (Lipinski definition) is 4. The number of sulfone groups is 1. The standard InChI is InChI=1S/C18H21FN2O3S/c1-12(2)21(3)16-10-9-13(11-15(16)19)20-18(22)14-7-5-6-8-17(14)25(4,23)24/h5-12H,1-4H3,(H,20,22). The maximum atomic E-state index is 14.3. The molecule has 0 aromatic heterocycles. The molecule has 7 heteroatoms. The summed E-state index contributed by atoms with van der Waals surface area (Å²) in [5, 5.41) is 2.55. The number of rotatable bonds is 5. The van der Waals surface area contributed by atoms with E-state index in [1.54, 1.807) is 36.2 Å². The van der Waals surface area contributed by atoms with Gasteiger partial charge in [0, 0.05) is 25.0 Å². The highest BCUT2D eigenvalue weighted by Gasteiger charge is 2.19. The van der Waals surface area contributed by atoms with Crippen molar-refractivity contribution in [3.05, 3.63) is 53.8 Å².